The van der Waals surface area contributed by atoms with E-state index in [1.165, 1.54) is 0 Å². The van der Waals surface area contributed by atoms with Crippen LogP contribution in [0.5, 0.6) is 0 Å². The number of rotatable bonds is 2. The summed E-state index contributed by atoms with van der Waals surface area (Å²) in [6.07, 6.45) is 4.16. The standard InChI is InChI=1S/C20H20N4O.ClH.H2O/c1-24-8-6-13(7-9-24)20-21-12-17-15(23-20)11-16(22-17)19-10-14-4-2-3-5-18(14)25-19;;/h2-5,10-13,22H,6-9H2,1H3;1H;1H2. The molecule has 1 fully saturated rings. The van der Waals surface area contributed by atoms with E-state index in [-0.39, 0.29) is 17.9 Å². The van der Waals surface area contributed by atoms with Gasteiger partial charge in [-0.2, -0.15) is 0 Å². The van der Waals surface area contributed by atoms with Gasteiger partial charge in [0.1, 0.15) is 11.4 Å². The van der Waals surface area contributed by atoms with E-state index < -0.39 is 0 Å². The van der Waals surface area contributed by atoms with Gasteiger partial charge in [0.2, 0.25) is 0 Å². The molecule has 0 radical (unpaired) electrons. The van der Waals surface area contributed by atoms with Crippen LogP contribution in [0.2, 0.25) is 0 Å². The lowest BCUT2D eigenvalue weighted by Gasteiger charge is -2.27. The minimum Gasteiger partial charge on any atom is -0.455 e. The first-order valence-electron chi connectivity index (χ1n) is 8.79. The Bertz CT molecular complexity index is 1020. The number of hydrogen-bond donors (Lipinski definition) is 1. The molecule has 7 heteroatoms. The SMILES string of the molecule is CN1CCC(c2ncc3[nH]c(-c4cc5ccccc5o4)cc3n2)CC1.Cl.O. The first-order valence-corrected chi connectivity index (χ1v) is 8.79. The fourth-order valence-electron chi connectivity index (χ4n) is 3.64. The number of H-pyrrole nitrogens is 1. The molecule has 4 aromatic rings. The molecule has 0 unspecified atom stereocenters. The summed E-state index contributed by atoms with van der Waals surface area (Å²) < 4.78 is 5.96. The van der Waals surface area contributed by atoms with Gasteiger partial charge in [-0.25, -0.2) is 9.97 Å². The van der Waals surface area contributed by atoms with Gasteiger partial charge >= 0.3 is 0 Å². The third-order valence-electron chi connectivity index (χ3n) is 5.16. The molecule has 0 spiro atoms. The summed E-state index contributed by atoms with van der Waals surface area (Å²) in [6, 6.07) is 12.2. The van der Waals surface area contributed by atoms with Crippen molar-refractivity contribution in [1.82, 2.24) is 19.9 Å². The minimum atomic E-state index is 0. The summed E-state index contributed by atoms with van der Waals surface area (Å²) in [5.41, 5.74) is 3.75. The van der Waals surface area contributed by atoms with E-state index in [1.54, 1.807) is 0 Å². The molecule has 1 aliphatic rings. The van der Waals surface area contributed by atoms with Crippen molar-refractivity contribution in [2.75, 3.05) is 20.1 Å². The van der Waals surface area contributed by atoms with Gasteiger partial charge in [-0.15, -0.1) is 12.4 Å². The number of nitrogens with one attached hydrogen (secondary N) is 1. The molecule has 0 atom stereocenters. The maximum Gasteiger partial charge on any atom is 0.151 e. The molecule has 0 amide bonds. The van der Waals surface area contributed by atoms with E-state index in [2.05, 4.69) is 40.1 Å². The second-order valence-corrected chi connectivity index (χ2v) is 6.94. The molecule has 0 aliphatic carbocycles. The van der Waals surface area contributed by atoms with Crippen molar-refractivity contribution in [2.24, 2.45) is 0 Å². The molecule has 0 saturated carbocycles. The van der Waals surface area contributed by atoms with E-state index in [1.807, 2.05) is 24.4 Å². The lowest BCUT2D eigenvalue weighted by molar-refractivity contribution is 0.251. The Kier molecular flexibility index (Phi) is 5.51. The van der Waals surface area contributed by atoms with Crippen molar-refractivity contribution in [1.29, 1.82) is 0 Å². The van der Waals surface area contributed by atoms with Gasteiger partial charge in [0.05, 0.1) is 22.9 Å². The van der Waals surface area contributed by atoms with Gasteiger partial charge in [-0.05, 0) is 51.2 Å². The minimum absolute atomic E-state index is 0. The summed E-state index contributed by atoms with van der Waals surface area (Å²) in [5.74, 6) is 2.26. The van der Waals surface area contributed by atoms with Gasteiger partial charge in [0.25, 0.3) is 0 Å². The molecule has 6 nitrogen and oxygen atoms in total. The van der Waals surface area contributed by atoms with Gasteiger partial charge in [-0.3, -0.25) is 0 Å². The van der Waals surface area contributed by atoms with Crippen molar-refractivity contribution in [2.45, 2.75) is 18.8 Å². The Morgan fingerprint density at radius 3 is 2.70 bits per heavy atom. The molecule has 0 bridgehead atoms. The average molecular weight is 387 g/mol. The number of furan rings is 1. The summed E-state index contributed by atoms with van der Waals surface area (Å²) in [6.45, 7) is 2.23. The molecule has 4 heterocycles. The number of benzene rings is 1. The zero-order valence-corrected chi connectivity index (χ0v) is 15.9. The highest BCUT2D eigenvalue weighted by Crippen LogP contribution is 2.30. The van der Waals surface area contributed by atoms with Crippen molar-refractivity contribution < 1.29 is 9.89 Å². The van der Waals surface area contributed by atoms with Crippen LogP contribution in [0, 0.1) is 0 Å². The summed E-state index contributed by atoms with van der Waals surface area (Å²) in [7, 11) is 2.17. The maximum absolute atomic E-state index is 5.96. The average Bonchev–Trinajstić information content (AvgIpc) is 3.25. The molecular weight excluding hydrogens is 364 g/mol. The van der Waals surface area contributed by atoms with Crippen molar-refractivity contribution in [3.63, 3.8) is 0 Å². The fourth-order valence-corrected chi connectivity index (χ4v) is 3.64. The van der Waals surface area contributed by atoms with Crippen LogP contribution in [0.25, 0.3) is 33.5 Å². The number of para-hydroxylation sites is 1. The molecular formula is C20H23ClN4O2. The Morgan fingerprint density at radius 2 is 1.93 bits per heavy atom. The normalized spacial score (nSPS) is 15.6. The Morgan fingerprint density at radius 1 is 1.15 bits per heavy atom. The number of aromatic nitrogens is 3. The third-order valence-corrected chi connectivity index (χ3v) is 5.16. The summed E-state index contributed by atoms with van der Waals surface area (Å²) in [5, 5.41) is 1.11. The van der Waals surface area contributed by atoms with Crippen LogP contribution in [-0.2, 0) is 0 Å². The first kappa shape index (κ1) is 19.4. The van der Waals surface area contributed by atoms with Crippen LogP contribution < -0.4 is 0 Å². The van der Waals surface area contributed by atoms with Crippen molar-refractivity contribution in [3.8, 4) is 11.5 Å². The molecule has 142 valence electrons. The maximum atomic E-state index is 5.96. The highest BCUT2D eigenvalue weighted by molar-refractivity contribution is 5.86. The van der Waals surface area contributed by atoms with Gasteiger partial charge in [0.15, 0.2) is 5.76 Å². The molecule has 1 aliphatic heterocycles. The first-order chi connectivity index (χ1) is 12.3. The molecule has 3 aromatic heterocycles. The van der Waals surface area contributed by atoms with E-state index in [4.69, 9.17) is 9.40 Å². The number of nitrogens with zero attached hydrogens (tertiary/aromatic N) is 3. The van der Waals surface area contributed by atoms with E-state index in [0.29, 0.717) is 5.92 Å². The summed E-state index contributed by atoms with van der Waals surface area (Å²) in [4.78, 5) is 15.2. The van der Waals surface area contributed by atoms with E-state index in [0.717, 1.165) is 65.2 Å². The van der Waals surface area contributed by atoms with Gasteiger partial charge < -0.3 is 19.8 Å². The van der Waals surface area contributed by atoms with Crippen molar-refractivity contribution in [3.05, 3.63) is 48.4 Å². The smallest absolute Gasteiger partial charge is 0.151 e. The number of hydrogen-bond acceptors (Lipinski definition) is 4. The Labute approximate surface area is 163 Å². The van der Waals surface area contributed by atoms with Crippen LogP contribution in [0.1, 0.15) is 24.6 Å². The quantitative estimate of drug-likeness (QED) is 0.567. The highest BCUT2D eigenvalue weighted by Gasteiger charge is 2.21. The Hall–Kier alpha value is -2.41. The largest absolute Gasteiger partial charge is 0.455 e. The molecule has 1 saturated heterocycles. The predicted molar refractivity (Wildman–Crippen MR) is 109 cm³/mol. The zero-order chi connectivity index (χ0) is 16.8. The molecule has 27 heavy (non-hydrogen) atoms. The van der Waals surface area contributed by atoms with E-state index in [9.17, 15) is 0 Å². The number of likely N-dealkylation sites (tertiary alicyclic amines) is 1. The number of piperidine rings is 1. The lowest BCUT2D eigenvalue weighted by Crippen LogP contribution is -2.29. The van der Waals surface area contributed by atoms with Crippen LogP contribution in [0.3, 0.4) is 0 Å². The van der Waals surface area contributed by atoms with Gasteiger partial charge in [0, 0.05) is 11.3 Å². The number of halogens is 1. The molecule has 3 N–H and O–H groups in total. The van der Waals surface area contributed by atoms with E-state index >= 15 is 0 Å². The number of fused-ring (bicyclic) bond motifs is 2. The van der Waals surface area contributed by atoms with Crippen molar-refractivity contribution >= 4 is 34.4 Å². The molecule has 1 aromatic carbocycles. The van der Waals surface area contributed by atoms with Crippen LogP contribution >= 0.6 is 12.4 Å². The second-order valence-electron chi connectivity index (χ2n) is 6.94. The summed E-state index contributed by atoms with van der Waals surface area (Å²) >= 11 is 0. The fraction of sp³-hybridized carbons (Fsp3) is 0.300. The topological polar surface area (TPSA) is 89.5 Å². The van der Waals surface area contributed by atoms with Gasteiger partial charge in [-0.1, -0.05) is 18.2 Å². The second kappa shape index (κ2) is 7.68. The number of aromatic amines is 1. The highest BCUT2D eigenvalue weighted by atomic mass is 35.5. The zero-order valence-electron chi connectivity index (χ0n) is 15.1. The van der Waals surface area contributed by atoms with Crippen LogP contribution in [-0.4, -0.2) is 45.5 Å². The van der Waals surface area contributed by atoms with Crippen LogP contribution in [0.4, 0.5) is 0 Å². The Balaban J connectivity index is 0.00000105. The molecule has 5 rings (SSSR count). The monoisotopic (exact) mass is 386 g/mol. The third kappa shape index (κ3) is 3.56. The lowest BCUT2D eigenvalue weighted by atomic mass is 9.96. The predicted octanol–water partition coefficient (Wildman–Crippen LogP) is 3.78. The van der Waals surface area contributed by atoms with Crippen LogP contribution in [0.15, 0.2) is 47.0 Å².